The third-order valence-electron chi connectivity index (χ3n) is 10.7. The first-order valence-corrected chi connectivity index (χ1v) is 18.5. The van der Waals surface area contributed by atoms with Crippen LogP contribution < -0.4 is 16.6 Å². The first kappa shape index (κ1) is 34.2. The van der Waals surface area contributed by atoms with Crippen LogP contribution >= 0.6 is 0 Å². The predicted octanol–water partition coefficient (Wildman–Crippen LogP) is 5.41. The normalized spacial score (nSPS) is 22.3. The number of pyridine rings is 1. The summed E-state index contributed by atoms with van der Waals surface area (Å²) in [5.74, 6) is 0.0990. The van der Waals surface area contributed by atoms with Gasteiger partial charge >= 0.3 is 5.69 Å². The number of halogens is 1. The highest BCUT2D eigenvalue weighted by Crippen LogP contribution is 2.29. The molecular weight excluding hydrogens is 661 g/mol. The molecule has 3 aliphatic rings. The Bertz CT molecular complexity index is 2200. The zero-order valence-corrected chi connectivity index (χ0v) is 29.6. The van der Waals surface area contributed by atoms with Crippen LogP contribution in [0.25, 0.3) is 27.8 Å². The van der Waals surface area contributed by atoms with E-state index >= 15 is 0 Å². The van der Waals surface area contributed by atoms with Crippen LogP contribution in [0.4, 0.5) is 4.39 Å². The molecule has 1 saturated carbocycles. The number of morpholine rings is 1. The maximum atomic E-state index is 14.6. The summed E-state index contributed by atoms with van der Waals surface area (Å²) >= 11 is 0. The summed E-state index contributed by atoms with van der Waals surface area (Å²) < 4.78 is 25.2. The third-order valence-corrected chi connectivity index (χ3v) is 10.7. The Kier molecular flexibility index (Phi) is 9.35. The second kappa shape index (κ2) is 14.2. The van der Waals surface area contributed by atoms with Gasteiger partial charge in [0.1, 0.15) is 17.3 Å². The van der Waals surface area contributed by atoms with Crippen molar-refractivity contribution in [2.45, 2.75) is 96.2 Å². The van der Waals surface area contributed by atoms with E-state index in [2.05, 4.69) is 62.9 Å². The molecule has 5 heterocycles. The number of rotatable bonds is 7. The highest BCUT2D eigenvalue weighted by molar-refractivity contribution is 5.92. The van der Waals surface area contributed by atoms with Crippen LogP contribution in [-0.4, -0.2) is 65.8 Å². The molecule has 1 aliphatic carbocycles. The molecule has 52 heavy (non-hydrogen) atoms. The lowest BCUT2D eigenvalue weighted by Crippen LogP contribution is -2.45. The fourth-order valence-electron chi connectivity index (χ4n) is 8.30. The standard InChI is InChI=1S/C40H44FN7O4/c1-25-21-45(22-26(2)52-25)23-27-9-11-28(12-10-27)29-6-5-7-33(18-29)47-37-34(19-30(41)20-42-37)39(50)48(40(47)51)32-15-13-31(14-16-32)43-38(49)35-24-46-17-4-3-8-36(46)44-35/h5-7,9-12,18-20,24-26,31-32H,3-4,8,13-17,21-23H2,1-2H3,(H,43,49)/t25-,26?,31-,32+/m0/s1. The number of hydrogen-bond acceptors (Lipinski definition) is 7. The molecule has 0 radical (unpaired) electrons. The van der Waals surface area contributed by atoms with Crippen LogP contribution in [0.15, 0.2) is 76.6 Å². The Morgan fingerprint density at radius 2 is 1.73 bits per heavy atom. The molecule has 1 N–H and O–H groups in total. The van der Waals surface area contributed by atoms with Crippen LogP contribution in [0.3, 0.4) is 0 Å². The fraction of sp³-hybridized carbons (Fsp3) is 0.425. The average Bonchev–Trinajstić information content (AvgIpc) is 3.58. The number of nitrogens with one attached hydrogen (secondary N) is 1. The Morgan fingerprint density at radius 1 is 0.962 bits per heavy atom. The third kappa shape index (κ3) is 6.84. The summed E-state index contributed by atoms with van der Waals surface area (Å²) in [6.45, 7) is 7.71. The topological polar surface area (TPSA) is 116 Å². The molecule has 2 aromatic carbocycles. The van der Waals surface area contributed by atoms with Crippen molar-refractivity contribution in [3.63, 3.8) is 0 Å². The molecular formula is C40H44FN7O4. The first-order valence-electron chi connectivity index (χ1n) is 18.5. The number of hydrogen-bond donors (Lipinski definition) is 1. The zero-order chi connectivity index (χ0) is 35.9. The molecule has 2 aliphatic heterocycles. The minimum absolute atomic E-state index is 0.0419. The van der Waals surface area contributed by atoms with Crippen molar-refractivity contribution in [2.75, 3.05) is 13.1 Å². The molecule has 12 heteroatoms. The smallest absolute Gasteiger partial charge is 0.337 e. The van der Waals surface area contributed by atoms with Gasteiger partial charge in [0.15, 0.2) is 5.65 Å². The van der Waals surface area contributed by atoms with Gasteiger partial charge in [0.25, 0.3) is 11.5 Å². The summed E-state index contributed by atoms with van der Waals surface area (Å²) in [4.78, 5) is 52.5. The van der Waals surface area contributed by atoms with Crippen LogP contribution in [-0.2, 0) is 24.2 Å². The molecule has 270 valence electrons. The molecule has 0 bridgehead atoms. The van der Waals surface area contributed by atoms with Crippen LogP contribution in [0.1, 0.15) is 80.3 Å². The van der Waals surface area contributed by atoms with E-state index < -0.39 is 23.1 Å². The molecule has 1 saturated heterocycles. The SMILES string of the molecule is CC1CN(Cc2ccc(-c3cccc(-n4c(=O)n([C@H]5CC[C@@H](NC(=O)c6cn7c(n6)CCCC7)CC5)c(=O)c5cc(F)cnc54)c3)cc2)C[C@H](C)O1. The lowest BCUT2D eigenvalue weighted by molar-refractivity contribution is -0.0704. The number of aromatic nitrogens is 5. The molecule has 3 aromatic heterocycles. The van der Waals surface area contributed by atoms with E-state index in [1.165, 1.54) is 14.7 Å². The average molecular weight is 706 g/mol. The van der Waals surface area contributed by atoms with Crippen molar-refractivity contribution in [1.82, 2.24) is 33.9 Å². The van der Waals surface area contributed by atoms with Crippen molar-refractivity contribution in [2.24, 2.45) is 0 Å². The maximum absolute atomic E-state index is 14.6. The van der Waals surface area contributed by atoms with Crippen molar-refractivity contribution < 1.29 is 13.9 Å². The first-order chi connectivity index (χ1) is 25.2. The van der Waals surface area contributed by atoms with Gasteiger partial charge in [0.05, 0.1) is 29.5 Å². The lowest BCUT2D eigenvalue weighted by Gasteiger charge is -2.35. The lowest BCUT2D eigenvalue weighted by atomic mass is 9.90. The van der Waals surface area contributed by atoms with Gasteiger partial charge in [-0.25, -0.2) is 23.7 Å². The van der Waals surface area contributed by atoms with Gasteiger partial charge in [0, 0.05) is 50.9 Å². The van der Waals surface area contributed by atoms with E-state index in [1.54, 1.807) is 6.07 Å². The number of amides is 1. The molecule has 5 aromatic rings. The van der Waals surface area contributed by atoms with E-state index in [0.717, 1.165) is 74.7 Å². The minimum Gasteiger partial charge on any atom is -0.373 e. The maximum Gasteiger partial charge on any atom is 0.337 e. The Balaban J connectivity index is 1.04. The number of fused-ring (bicyclic) bond motifs is 2. The molecule has 1 unspecified atom stereocenters. The molecule has 2 atom stereocenters. The van der Waals surface area contributed by atoms with E-state index in [0.29, 0.717) is 37.1 Å². The fourth-order valence-corrected chi connectivity index (χ4v) is 8.30. The summed E-state index contributed by atoms with van der Waals surface area (Å²) in [5, 5.41) is 3.16. The van der Waals surface area contributed by atoms with Crippen LogP contribution in [0.5, 0.6) is 0 Å². The number of ether oxygens (including phenoxy) is 1. The summed E-state index contributed by atoms with van der Waals surface area (Å²) in [6, 6.07) is 16.6. The van der Waals surface area contributed by atoms with Crippen molar-refractivity contribution in [3.05, 3.63) is 111 Å². The highest BCUT2D eigenvalue weighted by atomic mass is 19.1. The van der Waals surface area contributed by atoms with Gasteiger partial charge in [0.2, 0.25) is 0 Å². The van der Waals surface area contributed by atoms with Gasteiger partial charge in [-0.15, -0.1) is 0 Å². The number of nitrogens with zero attached hydrogens (tertiary/aromatic N) is 6. The predicted molar refractivity (Wildman–Crippen MR) is 196 cm³/mol. The summed E-state index contributed by atoms with van der Waals surface area (Å²) in [5.41, 5.74) is 3.07. The Morgan fingerprint density at radius 3 is 2.48 bits per heavy atom. The van der Waals surface area contributed by atoms with Gasteiger partial charge in [-0.05, 0) is 87.3 Å². The van der Waals surface area contributed by atoms with Crippen molar-refractivity contribution >= 4 is 16.9 Å². The largest absolute Gasteiger partial charge is 0.373 e. The number of aryl methyl sites for hydroxylation is 2. The summed E-state index contributed by atoms with van der Waals surface area (Å²) in [6.07, 6.45) is 8.49. The van der Waals surface area contributed by atoms with E-state index in [4.69, 9.17) is 4.74 Å². The zero-order valence-electron chi connectivity index (χ0n) is 29.6. The van der Waals surface area contributed by atoms with Gasteiger partial charge in [-0.3, -0.25) is 19.1 Å². The molecule has 0 spiro atoms. The molecule has 8 rings (SSSR count). The molecule has 1 amide bonds. The monoisotopic (exact) mass is 705 g/mol. The summed E-state index contributed by atoms with van der Waals surface area (Å²) in [7, 11) is 0. The van der Waals surface area contributed by atoms with Gasteiger partial charge in [-0.2, -0.15) is 0 Å². The van der Waals surface area contributed by atoms with E-state index in [1.807, 2.05) is 24.4 Å². The van der Waals surface area contributed by atoms with E-state index in [9.17, 15) is 18.8 Å². The van der Waals surface area contributed by atoms with E-state index in [-0.39, 0.29) is 35.2 Å². The Hall–Kier alpha value is -4.94. The highest BCUT2D eigenvalue weighted by Gasteiger charge is 2.29. The second-order valence-corrected chi connectivity index (χ2v) is 14.7. The van der Waals surface area contributed by atoms with Crippen molar-refractivity contribution in [1.29, 1.82) is 0 Å². The molecule has 2 fully saturated rings. The molecule has 11 nitrogen and oxygen atoms in total. The quantitative estimate of drug-likeness (QED) is 0.241. The van der Waals surface area contributed by atoms with Gasteiger partial charge in [-0.1, -0.05) is 36.4 Å². The van der Waals surface area contributed by atoms with Crippen LogP contribution in [0.2, 0.25) is 0 Å². The van der Waals surface area contributed by atoms with Crippen molar-refractivity contribution in [3.8, 4) is 16.8 Å². The van der Waals surface area contributed by atoms with Gasteiger partial charge < -0.3 is 14.6 Å². The van der Waals surface area contributed by atoms with Crippen LogP contribution in [0, 0.1) is 5.82 Å². The Labute approximate surface area is 301 Å². The minimum atomic E-state index is -0.649. The second-order valence-electron chi connectivity index (χ2n) is 14.7. The number of carbonyl (C=O) groups is 1. The number of benzene rings is 2. The number of carbonyl (C=O) groups excluding carboxylic acids is 1. The number of imidazole rings is 1.